The third kappa shape index (κ3) is 2.61. The Hall–Kier alpha value is -1.91. The summed E-state index contributed by atoms with van der Waals surface area (Å²) in [5.74, 6) is -1.54. The molecule has 0 saturated carbocycles. The fourth-order valence-electron chi connectivity index (χ4n) is 2.05. The first-order chi connectivity index (χ1) is 8.06. The minimum absolute atomic E-state index is 0.0394. The molecule has 5 heteroatoms. The van der Waals surface area contributed by atoms with Crippen LogP contribution in [-0.2, 0) is 9.59 Å². The molecule has 1 N–H and O–H groups in total. The summed E-state index contributed by atoms with van der Waals surface area (Å²) in [6.45, 7) is 0.118. The van der Waals surface area contributed by atoms with Crippen LogP contribution >= 0.6 is 0 Å². The van der Waals surface area contributed by atoms with Crippen molar-refractivity contribution in [3.05, 3.63) is 35.6 Å². The second-order valence-electron chi connectivity index (χ2n) is 4.12. The van der Waals surface area contributed by atoms with E-state index >= 15 is 0 Å². The number of carbonyl (C=O) groups is 2. The van der Waals surface area contributed by atoms with E-state index < -0.39 is 5.97 Å². The van der Waals surface area contributed by atoms with Crippen molar-refractivity contribution in [2.75, 3.05) is 13.1 Å². The normalized spacial score (nSPS) is 19.7. The third-order valence-corrected chi connectivity index (χ3v) is 2.88. The predicted molar refractivity (Wildman–Crippen MR) is 58.0 cm³/mol. The maximum atomic E-state index is 12.7. The summed E-state index contributed by atoms with van der Waals surface area (Å²) in [7, 11) is 0. The summed E-state index contributed by atoms with van der Waals surface area (Å²) in [4.78, 5) is 23.4. The van der Waals surface area contributed by atoms with Gasteiger partial charge in [0.25, 0.3) is 0 Å². The van der Waals surface area contributed by atoms with Crippen LogP contribution < -0.4 is 0 Å². The smallest absolute Gasteiger partial charge is 0.323 e. The summed E-state index contributed by atoms with van der Waals surface area (Å²) >= 11 is 0. The molecule has 1 fully saturated rings. The number of hydrogen-bond acceptors (Lipinski definition) is 2. The number of carboxylic acids is 1. The first-order valence-electron chi connectivity index (χ1n) is 5.31. The third-order valence-electron chi connectivity index (χ3n) is 2.88. The molecule has 1 aliphatic heterocycles. The Morgan fingerprint density at radius 3 is 2.65 bits per heavy atom. The highest BCUT2D eigenvalue weighted by atomic mass is 19.1. The molecule has 0 spiro atoms. The molecular formula is C12H12FNO3. The van der Waals surface area contributed by atoms with E-state index in [1.165, 1.54) is 17.0 Å². The van der Waals surface area contributed by atoms with Crippen molar-refractivity contribution in [1.29, 1.82) is 0 Å². The fraction of sp³-hybridized carbons (Fsp3) is 0.333. The van der Waals surface area contributed by atoms with Crippen molar-refractivity contribution in [3.8, 4) is 0 Å². The van der Waals surface area contributed by atoms with Crippen LogP contribution in [0.3, 0.4) is 0 Å². The topological polar surface area (TPSA) is 57.6 Å². The molecule has 0 aromatic heterocycles. The number of likely N-dealkylation sites (tertiary alicyclic amines) is 1. The Bertz CT molecular complexity index is 444. The molecule has 1 heterocycles. The highest BCUT2D eigenvalue weighted by Crippen LogP contribution is 2.27. The molecule has 2 rings (SSSR count). The Morgan fingerprint density at radius 1 is 1.41 bits per heavy atom. The molecule has 0 aliphatic carbocycles. The monoisotopic (exact) mass is 237 g/mol. The number of halogens is 1. The summed E-state index contributed by atoms with van der Waals surface area (Å²) in [6.07, 6.45) is 0.291. The van der Waals surface area contributed by atoms with Crippen LogP contribution in [0.4, 0.5) is 4.39 Å². The van der Waals surface area contributed by atoms with Crippen molar-refractivity contribution >= 4 is 11.9 Å². The standard InChI is InChI=1S/C12H12FNO3/c13-10-3-1-8(2-4-10)9-5-11(15)14(6-9)7-12(16)17/h1-4,9H,5-7H2,(H,16,17). The predicted octanol–water partition coefficient (Wildman–Crippen LogP) is 1.23. The molecule has 1 aromatic carbocycles. The first-order valence-corrected chi connectivity index (χ1v) is 5.31. The van der Waals surface area contributed by atoms with Crippen LogP contribution in [0.2, 0.25) is 0 Å². The van der Waals surface area contributed by atoms with E-state index in [1.807, 2.05) is 0 Å². The van der Waals surface area contributed by atoms with Gasteiger partial charge in [0.1, 0.15) is 12.4 Å². The van der Waals surface area contributed by atoms with E-state index in [0.29, 0.717) is 13.0 Å². The lowest BCUT2D eigenvalue weighted by molar-refractivity contribution is -0.142. The first kappa shape index (κ1) is 11.6. The lowest BCUT2D eigenvalue weighted by Gasteiger charge is -2.13. The van der Waals surface area contributed by atoms with Crippen molar-refractivity contribution in [1.82, 2.24) is 4.90 Å². The minimum Gasteiger partial charge on any atom is -0.480 e. The van der Waals surface area contributed by atoms with Gasteiger partial charge in [-0.25, -0.2) is 4.39 Å². The van der Waals surface area contributed by atoms with Crippen molar-refractivity contribution in [2.24, 2.45) is 0 Å². The second-order valence-corrected chi connectivity index (χ2v) is 4.12. The number of nitrogens with zero attached hydrogens (tertiary/aromatic N) is 1. The van der Waals surface area contributed by atoms with Crippen LogP contribution in [0.15, 0.2) is 24.3 Å². The number of hydrogen-bond donors (Lipinski definition) is 1. The molecule has 1 saturated heterocycles. The number of rotatable bonds is 3. The van der Waals surface area contributed by atoms with Gasteiger partial charge in [-0.05, 0) is 17.7 Å². The van der Waals surface area contributed by atoms with Gasteiger partial charge in [0.2, 0.25) is 5.91 Å². The maximum Gasteiger partial charge on any atom is 0.323 e. The lowest BCUT2D eigenvalue weighted by Crippen LogP contribution is -2.30. The molecule has 0 radical (unpaired) electrons. The summed E-state index contributed by atoms with van der Waals surface area (Å²) < 4.78 is 12.7. The molecule has 1 amide bonds. The molecular weight excluding hydrogens is 225 g/mol. The van der Waals surface area contributed by atoms with Crippen molar-refractivity contribution < 1.29 is 19.1 Å². The van der Waals surface area contributed by atoms with Gasteiger partial charge in [0.15, 0.2) is 0 Å². The van der Waals surface area contributed by atoms with E-state index in [1.54, 1.807) is 12.1 Å². The van der Waals surface area contributed by atoms with E-state index in [9.17, 15) is 14.0 Å². The van der Waals surface area contributed by atoms with E-state index in [0.717, 1.165) is 5.56 Å². The molecule has 90 valence electrons. The van der Waals surface area contributed by atoms with E-state index in [-0.39, 0.29) is 24.2 Å². The van der Waals surface area contributed by atoms with E-state index in [4.69, 9.17) is 5.11 Å². The molecule has 4 nitrogen and oxygen atoms in total. The number of aliphatic carboxylic acids is 1. The Labute approximate surface area is 97.7 Å². The van der Waals surface area contributed by atoms with Gasteiger partial charge in [0, 0.05) is 18.9 Å². The SMILES string of the molecule is O=C(O)CN1CC(c2ccc(F)cc2)CC1=O. The Balaban J connectivity index is 2.08. The number of benzene rings is 1. The number of carboxylic acid groups (broad SMARTS) is 1. The van der Waals surface area contributed by atoms with Gasteiger partial charge >= 0.3 is 5.97 Å². The summed E-state index contributed by atoms with van der Waals surface area (Å²) in [5.41, 5.74) is 0.868. The van der Waals surface area contributed by atoms with Crippen LogP contribution in [0.5, 0.6) is 0 Å². The molecule has 1 unspecified atom stereocenters. The van der Waals surface area contributed by atoms with Crippen LogP contribution in [0.25, 0.3) is 0 Å². The number of carbonyl (C=O) groups excluding carboxylic acids is 1. The fourth-order valence-corrected chi connectivity index (χ4v) is 2.05. The largest absolute Gasteiger partial charge is 0.480 e. The molecule has 1 aliphatic rings. The molecule has 1 aromatic rings. The van der Waals surface area contributed by atoms with Gasteiger partial charge in [-0.2, -0.15) is 0 Å². The zero-order valence-corrected chi connectivity index (χ0v) is 9.10. The summed E-state index contributed by atoms with van der Waals surface area (Å²) in [6, 6.07) is 5.97. The highest BCUT2D eigenvalue weighted by molar-refractivity contribution is 5.84. The summed E-state index contributed by atoms with van der Waals surface area (Å²) in [5, 5.41) is 8.64. The van der Waals surface area contributed by atoms with Crippen LogP contribution in [-0.4, -0.2) is 35.0 Å². The van der Waals surface area contributed by atoms with E-state index in [2.05, 4.69) is 0 Å². The molecule has 1 atom stereocenters. The van der Waals surface area contributed by atoms with Gasteiger partial charge in [-0.3, -0.25) is 9.59 Å². The van der Waals surface area contributed by atoms with Crippen LogP contribution in [0, 0.1) is 5.82 Å². The highest BCUT2D eigenvalue weighted by Gasteiger charge is 2.31. The van der Waals surface area contributed by atoms with Crippen molar-refractivity contribution in [2.45, 2.75) is 12.3 Å². The van der Waals surface area contributed by atoms with Gasteiger partial charge in [0.05, 0.1) is 0 Å². The average molecular weight is 237 g/mol. The average Bonchev–Trinajstić information content (AvgIpc) is 2.60. The van der Waals surface area contributed by atoms with Crippen LogP contribution in [0.1, 0.15) is 17.9 Å². The number of amides is 1. The maximum absolute atomic E-state index is 12.7. The van der Waals surface area contributed by atoms with Gasteiger partial charge < -0.3 is 10.0 Å². The Kier molecular flexibility index (Phi) is 3.08. The van der Waals surface area contributed by atoms with Gasteiger partial charge in [-0.1, -0.05) is 12.1 Å². The Morgan fingerprint density at radius 2 is 2.06 bits per heavy atom. The van der Waals surface area contributed by atoms with Gasteiger partial charge in [-0.15, -0.1) is 0 Å². The quantitative estimate of drug-likeness (QED) is 0.860. The van der Waals surface area contributed by atoms with Crippen molar-refractivity contribution in [3.63, 3.8) is 0 Å². The molecule has 0 bridgehead atoms. The lowest BCUT2D eigenvalue weighted by atomic mass is 9.98. The zero-order chi connectivity index (χ0) is 12.4. The molecule has 17 heavy (non-hydrogen) atoms. The zero-order valence-electron chi connectivity index (χ0n) is 9.10. The second kappa shape index (κ2) is 4.53. The minimum atomic E-state index is -1.02.